The number of aliphatic carboxylic acids is 1. The van der Waals surface area contributed by atoms with E-state index in [1.54, 1.807) is 20.8 Å². The summed E-state index contributed by atoms with van der Waals surface area (Å²) in [5, 5.41) is 11.2. The molecule has 0 heterocycles. The van der Waals surface area contributed by atoms with Gasteiger partial charge in [-0.25, -0.2) is 4.79 Å². The molecule has 2 N–H and O–H groups in total. The van der Waals surface area contributed by atoms with Crippen molar-refractivity contribution in [2.24, 2.45) is 0 Å². The first kappa shape index (κ1) is 14.7. The molecule has 0 saturated carbocycles. The molecular formula is C11H21NO4. The summed E-state index contributed by atoms with van der Waals surface area (Å²) >= 11 is 0. The van der Waals surface area contributed by atoms with Gasteiger partial charge in [0.25, 0.3) is 0 Å². The fraction of sp³-hybridized carbons (Fsp3) is 0.818. The summed E-state index contributed by atoms with van der Waals surface area (Å²) in [5.74, 6) is -0.857. The van der Waals surface area contributed by atoms with Crippen molar-refractivity contribution in [3.63, 3.8) is 0 Å². The predicted molar refractivity (Wildman–Crippen MR) is 60.3 cm³/mol. The molecule has 94 valence electrons. The van der Waals surface area contributed by atoms with Gasteiger partial charge in [0.05, 0.1) is 0 Å². The molecule has 5 nitrogen and oxygen atoms in total. The minimum absolute atomic E-state index is 0.0499. The fourth-order valence-corrected chi connectivity index (χ4v) is 1.15. The molecule has 0 aliphatic heterocycles. The Hall–Kier alpha value is -1.26. The highest BCUT2D eigenvalue weighted by Crippen LogP contribution is 2.08. The highest BCUT2D eigenvalue weighted by atomic mass is 16.6. The molecule has 0 radical (unpaired) electrons. The van der Waals surface area contributed by atoms with Crippen molar-refractivity contribution in [3.8, 4) is 0 Å². The molecule has 0 aliphatic rings. The van der Waals surface area contributed by atoms with Gasteiger partial charge in [0, 0.05) is 12.5 Å². The lowest BCUT2D eigenvalue weighted by Crippen LogP contribution is -2.39. The van der Waals surface area contributed by atoms with E-state index in [0.29, 0.717) is 12.8 Å². The van der Waals surface area contributed by atoms with Gasteiger partial charge in [-0.05, 0) is 33.6 Å². The zero-order valence-corrected chi connectivity index (χ0v) is 10.4. The Morgan fingerprint density at radius 3 is 2.31 bits per heavy atom. The molecule has 5 heteroatoms. The van der Waals surface area contributed by atoms with Crippen LogP contribution in [-0.4, -0.2) is 28.8 Å². The van der Waals surface area contributed by atoms with Crippen LogP contribution in [0.4, 0.5) is 4.79 Å². The number of nitrogens with one attached hydrogen (secondary N) is 1. The zero-order chi connectivity index (χ0) is 12.8. The molecule has 1 atom stereocenters. The monoisotopic (exact) mass is 231 g/mol. The number of carboxylic acid groups (broad SMARTS) is 1. The number of hydrogen-bond acceptors (Lipinski definition) is 3. The van der Waals surface area contributed by atoms with E-state index in [4.69, 9.17) is 9.84 Å². The van der Waals surface area contributed by atoms with Gasteiger partial charge < -0.3 is 15.2 Å². The minimum Gasteiger partial charge on any atom is -0.481 e. The third-order valence-corrected chi connectivity index (χ3v) is 1.92. The van der Waals surface area contributed by atoms with E-state index in [-0.39, 0.29) is 12.5 Å². The lowest BCUT2D eigenvalue weighted by atomic mass is 10.1. The first-order valence-corrected chi connectivity index (χ1v) is 5.46. The van der Waals surface area contributed by atoms with Gasteiger partial charge in [0.15, 0.2) is 0 Å². The number of rotatable bonds is 5. The third kappa shape index (κ3) is 8.08. The Morgan fingerprint density at radius 2 is 1.94 bits per heavy atom. The van der Waals surface area contributed by atoms with Gasteiger partial charge in [-0.2, -0.15) is 0 Å². The van der Waals surface area contributed by atoms with Crippen molar-refractivity contribution in [1.29, 1.82) is 0 Å². The summed E-state index contributed by atoms with van der Waals surface area (Å²) < 4.78 is 5.08. The molecule has 1 amide bonds. The molecule has 0 aliphatic carbocycles. The van der Waals surface area contributed by atoms with E-state index in [0.717, 1.165) is 0 Å². The number of hydrogen-bond donors (Lipinski definition) is 2. The molecule has 0 fully saturated rings. The van der Waals surface area contributed by atoms with Gasteiger partial charge in [-0.1, -0.05) is 6.92 Å². The molecule has 0 spiro atoms. The van der Waals surface area contributed by atoms with E-state index in [1.807, 2.05) is 6.92 Å². The Balaban J connectivity index is 4.02. The first-order chi connectivity index (χ1) is 7.24. The highest BCUT2D eigenvalue weighted by Gasteiger charge is 2.18. The molecule has 0 rings (SSSR count). The molecule has 0 saturated heterocycles. The lowest BCUT2D eigenvalue weighted by molar-refractivity contribution is -0.137. The summed E-state index contributed by atoms with van der Waals surface area (Å²) in [6, 6.07) is -0.147. The molecule has 0 aromatic rings. The maximum Gasteiger partial charge on any atom is 0.407 e. The van der Waals surface area contributed by atoms with Gasteiger partial charge >= 0.3 is 12.1 Å². The third-order valence-electron chi connectivity index (χ3n) is 1.92. The standard InChI is InChI=1S/C11H21NO4/c1-5-8(6-7-9(13)14)12-10(15)16-11(2,3)4/h8H,5-7H2,1-4H3,(H,12,15)(H,13,14)/t8-/m1/s1. The van der Waals surface area contributed by atoms with Crippen LogP contribution in [-0.2, 0) is 9.53 Å². The van der Waals surface area contributed by atoms with Crippen LogP contribution in [0.3, 0.4) is 0 Å². The summed E-state index contributed by atoms with van der Waals surface area (Å²) in [7, 11) is 0. The number of carbonyl (C=O) groups is 2. The molecule has 0 aromatic carbocycles. The van der Waals surface area contributed by atoms with E-state index in [1.165, 1.54) is 0 Å². The average molecular weight is 231 g/mol. The second-order valence-corrected chi connectivity index (χ2v) is 4.68. The molecule has 0 bridgehead atoms. The van der Waals surface area contributed by atoms with Crippen LogP contribution in [0.2, 0.25) is 0 Å². The largest absolute Gasteiger partial charge is 0.481 e. The summed E-state index contributed by atoms with van der Waals surface area (Å²) in [6.07, 6.45) is 0.663. The van der Waals surface area contributed by atoms with E-state index < -0.39 is 17.7 Å². The maximum absolute atomic E-state index is 11.4. The van der Waals surface area contributed by atoms with Crippen molar-refractivity contribution in [3.05, 3.63) is 0 Å². The van der Waals surface area contributed by atoms with Crippen LogP contribution in [0.25, 0.3) is 0 Å². The van der Waals surface area contributed by atoms with Crippen molar-refractivity contribution < 1.29 is 19.4 Å². The van der Waals surface area contributed by atoms with Crippen LogP contribution in [0.5, 0.6) is 0 Å². The zero-order valence-electron chi connectivity index (χ0n) is 10.4. The van der Waals surface area contributed by atoms with Crippen LogP contribution in [0, 0.1) is 0 Å². The predicted octanol–water partition coefficient (Wildman–Crippen LogP) is 2.15. The van der Waals surface area contributed by atoms with E-state index in [2.05, 4.69) is 5.32 Å². The van der Waals surface area contributed by atoms with Crippen molar-refractivity contribution in [2.75, 3.05) is 0 Å². The van der Waals surface area contributed by atoms with E-state index >= 15 is 0 Å². The Kier molecular flexibility index (Phi) is 5.85. The molecule has 0 unspecified atom stereocenters. The van der Waals surface area contributed by atoms with Gasteiger partial charge in [-0.3, -0.25) is 4.79 Å². The number of carboxylic acids is 1. The summed E-state index contributed by atoms with van der Waals surface area (Å²) in [4.78, 5) is 21.8. The molecule has 16 heavy (non-hydrogen) atoms. The quantitative estimate of drug-likeness (QED) is 0.760. The fourth-order valence-electron chi connectivity index (χ4n) is 1.15. The summed E-state index contributed by atoms with van der Waals surface area (Å²) in [5.41, 5.74) is -0.533. The molecule has 0 aromatic heterocycles. The van der Waals surface area contributed by atoms with Crippen molar-refractivity contribution >= 4 is 12.1 Å². The smallest absolute Gasteiger partial charge is 0.407 e. The number of ether oxygens (including phenoxy) is 1. The van der Waals surface area contributed by atoms with Crippen LogP contribution in [0.15, 0.2) is 0 Å². The second-order valence-electron chi connectivity index (χ2n) is 4.68. The minimum atomic E-state index is -0.857. The number of alkyl carbamates (subject to hydrolysis) is 1. The molecular weight excluding hydrogens is 210 g/mol. The Bertz CT molecular complexity index is 245. The van der Waals surface area contributed by atoms with Crippen molar-refractivity contribution in [2.45, 2.75) is 58.6 Å². The topological polar surface area (TPSA) is 75.6 Å². The van der Waals surface area contributed by atoms with Crippen LogP contribution < -0.4 is 5.32 Å². The number of amides is 1. The van der Waals surface area contributed by atoms with E-state index in [9.17, 15) is 9.59 Å². The van der Waals surface area contributed by atoms with Crippen molar-refractivity contribution in [1.82, 2.24) is 5.32 Å². The Morgan fingerprint density at radius 1 is 1.38 bits per heavy atom. The Labute approximate surface area is 96.2 Å². The van der Waals surface area contributed by atoms with Gasteiger partial charge in [0.2, 0.25) is 0 Å². The second kappa shape index (κ2) is 6.35. The van der Waals surface area contributed by atoms with Gasteiger partial charge in [-0.15, -0.1) is 0 Å². The lowest BCUT2D eigenvalue weighted by Gasteiger charge is -2.22. The maximum atomic E-state index is 11.4. The normalized spacial score (nSPS) is 13.0. The first-order valence-electron chi connectivity index (χ1n) is 5.46. The number of carbonyl (C=O) groups excluding carboxylic acids is 1. The highest BCUT2D eigenvalue weighted by molar-refractivity contribution is 5.69. The van der Waals surface area contributed by atoms with Gasteiger partial charge in [0.1, 0.15) is 5.60 Å². The average Bonchev–Trinajstić information content (AvgIpc) is 2.08. The van der Waals surface area contributed by atoms with Crippen LogP contribution in [0.1, 0.15) is 47.0 Å². The SMILES string of the molecule is CC[C@H](CCC(=O)O)NC(=O)OC(C)(C)C. The summed E-state index contributed by atoms with van der Waals surface area (Å²) in [6.45, 7) is 7.24. The van der Waals surface area contributed by atoms with Crippen LogP contribution >= 0.6 is 0 Å².